The largest absolute Gasteiger partial charge is 0.309 e. The quantitative estimate of drug-likeness (QED) is 0.150. The minimum Gasteiger partial charge on any atom is -0.309 e. The fourth-order valence-corrected chi connectivity index (χ4v) is 8.98. The summed E-state index contributed by atoms with van der Waals surface area (Å²) < 4.78 is 2.40. The molecule has 0 amide bonds. The van der Waals surface area contributed by atoms with Crippen LogP contribution in [0.4, 0.5) is 17.1 Å². The number of hydrogen-bond donors (Lipinski definition) is 0. The highest BCUT2D eigenvalue weighted by molar-refractivity contribution is 6.17. The predicted molar refractivity (Wildman–Crippen MR) is 255 cm³/mol. The Morgan fingerprint density at radius 3 is 1.63 bits per heavy atom. The Bertz CT molecular complexity index is 3310. The van der Waals surface area contributed by atoms with E-state index in [0.29, 0.717) is 0 Å². The Labute approximate surface area is 350 Å². The molecular weight excluding hydrogens is 725 g/mol. The molecule has 0 atom stereocenters. The summed E-state index contributed by atoms with van der Waals surface area (Å²) in [6, 6.07) is 87.9. The van der Waals surface area contributed by atoms with Gasteiger partial charge in [0.2, 0.25) is 0 Å². The molecule has 0 aliphatic carbocycles. The first-order valence-electron chi connectivity index (χ1n) is 20.6. The Kier molecular flexibility index (Phi) is 8.87. The molecule has 11 rings (SSSR count). The summed E-state index contributed by atoms with van der Waals surface area (Å²) in [6.45, 7) is 0. The van der Waals surface area contributed by atoms with Crippen molar-refractivity contribution in [2.75, 3.05) is 4.90 Å². The minimum absolute atomic E-state index is 1.08. The van der Waals surface area contributed by atoms with E-state index in [0.717, 1.165) is 28.3 Å². The van der Waals surface area contributed by atoms with E-state index < -0.39 is 0 Å². The number of hydrogen-bond acceptors (Lipinski definition) is 1. The maximum atomic E-state index is 2.45. The molecule has 10 aromatic carbocycles. The van der Waals surface area contributed by atoms with Crippen LogP contribution in [0.15, 0.2) is 243 Å². The van der Waals surface area contributed by atoms with Gasteiger partial charge in [0.1, 0.15) is 0 Å². The molecule has 0 N–H and O–H groups in total. The summed E-state index contributed by atoms with van der Waals surface area (Å²) >= 11 is 0. The van der Waals surface area contributed by atoms with Gasteiger partial charge < -0.3 is 9.47 Å². The van der Waals surface area contributed by atoms with Crippen LogP contribution in [0.2, 0.25) is 0 Å². The van der Waals surface area contributed by atoms with Crippen molar-refractivity contribution in [3.63, 3.8) is 0 Å². The Morgan fingerprint density at radius 1 is 0.300 bits per heavy atom. The third kappa shape index (κ3) is 6.23. The summed E-state index contributed by atoms with van der Waals surface area (Å²) in [5.41, 5.74) is 16.3. The van der Waals surface area contributed by atoms with E-state index in [1.165, 1.54) is 71.5 Å². The van der Waals surface area contributed by atoms with Gasteiger partial charge in [0.05, 0.1) is 22.4 Å². The molecule has 0 aliphatic rings. The zero-order valence-corrected chi connectivity index (χ0v) is 33.0. The molecule has 11 aromatic rings. The van der Waals surface area contributed by atoms with Crippen LogP contribution < -0.4 is 4.90 Å². The molecule has 0 saturated heterocycles. The van der Waals surface area contributed by atoms with Crippen molar-refractivity contribution in [3.05, 3.63) is 243 Å². The van der Waals surface area contributed by atoms with Gasteiger partial charge in [0.25, 0.3) is 0 Å². The monoisotopic (exact) mass is 764 g/mol. The standard InChI is InChI=1S/C58H40N2/c1-3-18-43(19-4-1)50-25-9-12-29-54(50)59(49-37-35-42(36-38-49)45-21-15-22-46(39-45)47-34-33-41-17-7-8-20-44(41)40-47)55-30-13-10-26-51(55)52-28-16-32-57-58(52)53-27-11-14-31-56(53)60(57)48-23-5-2-6-24-48/h1-40H. The number of aromatic nitrogens is 1. The lowest BCUT2D eigenvalue weighted by molar-refractivity contribution is 1.18. The second-order valence-corrected chi connectivity index (χ2v) is 15.3. The Morgan fingerprint density at radius 2 is 0.833 bits per heavy atom. The summed E-state index contributed by atoms with van der Waals surface area (Å²) in [6.07, 6.45) is 0. The molecule has 0 radical (unpaired) electrons. The van der Waals surface area contributed by atoms with Crippen LogP contribution in [0.3, 0.4) is 0 Å². The number of fused-ring (bicyclic) bond motifs is 4. The maximum absolute atomic E-state index is 2.45. The van der Waals surface area contributed by atoms with E-state index in [2.05, 4.69) is 252 Å². The summed E-state index contributed by atoms with van der Waals surface area (Å²) in [5, 5.41) is 4.97. The zero-order chi connectivity index (χ0) is 39.8. The molecule has 0 spiro atoms. The molecule has 0 saturated carbocycles. The number of anilines is 3. The molecule has 282 valence electrons. The van der Waals surface area contributed by atoms with Crippen molar-refractivity contribution < 1.29 is 0 Å². The molecule has 0 aliphatic heterocycles. The topological polar surface area (TPSA) is 8.17 Å². The highest BCUT2D eigenvalue weighted by Gasteiger charge is 2.23. The fourth-order valence-electron chi connectivity index (χ4n) is 8.98. The van der Waals surface area contributed by atoms with Gasteiger partial charge in [-0.1, -0.05) is 182 Å². The molecule has 0 unspecified atom stereocenters. The van der Waals surface area contributed by atoms with Crippen molar-refractivity contribution in [1.82, 2.24) is 4.57 Å². The van der Waals surface area contributed by atoms with Gasteiger partial charge in [-0.2, -0.15) is 0 Å². The lowest BCUT2D eigenvalue weighted by Gasteiger charge is -2.30. The van der Waals surface area contributed by atoms with Crippen LogP contribution in [0.25, 0.3) is 82.8 Å². The van der Waals surface area contributed by atoms with E-state index in [9.17, 15) is 0 Å². The highest BCUT2D eigenvalue weighted by Crippen LogP contribution is 2.47. The molecule has 0 bridgehead atoms. The molecule has 60 heavy (non-hydrogen) atoms. The lowest BCUT2D eigenvalue weighted by atomic mass is 9.95. The van der Waals surface area contributed by atoms with Gasteiger partial charge in [-0.15, -0.1) is 0 Å². The fraction of sp³-hybridized carbons (Fsp3) is 0. The van der Waals surface area contributed by atoms with Crippen molar-refractivity contribution >= 4 is 49.6 Å². The first-order valence-corrected chi connectivity index (χ1v) is 20.6. The number of rotatable bonds is 8. The van der Waals surface area contributed by atoms with Gasteiger partial charge in [0.15, 0.2) is 0 Å². The maximum Gasteiger partial charge on any atom is 0.0547 e. The van der Waals surface area contributed by atoms with Crippen molar-refractivity contribution in [2.24, 2.45) is 0 Å². The lowest BCUT2D eigenvalue weighted by Crippen LogP contribution is -2.12. The van der Waals surface area contributed by atoms with Crippen LogP contribution >= 0.6 is 0 Å². The Hall–Kier alpha value is -7.94. The second-order valence-electron chi connectivity index (χ2n) is 15.3. The predicted octanol–water partition coefficient (Wildman–Crippen LogP) is 16.1. The average Bonchev–Trinajstić information content (AvgIpc) is 3.67. The van der Waals surface area contributed by atoms with E-state index in [-0.39, 0.29) is 0 Å². The van der Waals surface area contributed by atoms with E-state index >= 15 is 0 Å². The van der Waals surface area contributed by atoms with Crippen LogP contribution in [0.5, 0.6) is 0 Å². The van der Waals surface area contributed by atoms with Crippen molar-refractivity contribution in [3.8, 4) is 50.2 Å². The van der Waals surface area contributed by atoms with Crippen LogP contribution in [0, 0.1) is 0 Å². The smallest absolute Gasteiger partial charge is 0.0547 e. The van der Waals surface area contributed by atoms with Crippen LogP contribution in [-0.2, 0) is 0 Å². The van der Waals surface area contributed by atoms with Gasteiger partial charge in [-0.05, 0) is 105 Å². The number of nitrogens with zero attached hydrogens (tertiary/aromatic N) is 2. The third-order valence-electron chi connectivity index (χ3n) is 11.8. The SMILES string of the molecule is c1ccc(-c2ccccc2N(c2ccc(-c3cccc(-c4ccc5ccccc5c4)c3)cc2)c2ccccc2-c2cccc3c2c2ccccc2n3-c2ccccc2)cc1. The van der Waals surface area contributed by atoms with E-state index in [1.54, 1.807) is 0 Å². The molecule has 1 heterocycles. The average molecular weight is 765 g/mol. The van der Waals surface area contributed by atoms with Gasteiger partial charge in [-0.3, -0.25) is 0 Å². The van der Waals surface area contributed by atoms with E-state index in [4.69, 9.17) is 0 Å². The third-order valence-corrected chi connectivity index (χ3v) is 11.8. The van der Waals surface area contributed by atoms with Gasteiger partial charge in [0, 0.05) is 33.3 Å². The van der Waals surface area contributed by atoms with Gasteiger partial charge >= 0.3 is 0 Å². The summed E-state index contributed by atoms with van der Waals surface area (Å²) in [7, 11) is 0. The second kappa shape index (κ2) is 15.1. The van der Waals surface area contributed by atoms with Crippen molar-refractivity contribution in [2.45, 2.75) is 0 Å². The zero-order valence-electron chi connectivity index (χ0n) is 33.0. The number of benzene rings is 10. The van der Waals surface area contributed by atoms with Gasteiger partial charge in [-0.25, -0.2) is 0 Å². The van der Waals surface area contributed by atoms with E-state index in [1.807, 2.05) is 0 Å². The molecule has 1 aromatic heterocycles. The minimum atomic E-state index is 1.08. The summed E-state index contributed by atoms with van der Waals surface area (Å²) in [5.74, 6) is 0. The molecule has 0 fully saturated rings. The van der Waals surface area contributed by atoms with Crippen LogP contribution in [0.1, 0.15) is 0 Å². The Balaban J connectivity index is 1.08. The first-order chi connectivity index (χ1) is 29.8. The molecule has 2 nitrogen and oxygen atoms in total. The molecular formula is C58H40N2. The first kappa shape index (κ1) is 35.2. The number of para-hydroxylation sites is 4. The van der Waals surface area contributed by atoms with Crippen LogP contribution in [-0.4, -0.2) is 4.57 Å². The summed E-state index contributed by atoms with van der Waals surface area (Å²) in [4.78, 5) is 2.45. The molecule has 2 heteroatoms. The van der Waals surface area contributed by atoms with Crippen molar-refractivity contribution in [1.29, 1.82) is 0 Å². The highest BCUT2D eigenvalue weighted by atomic mass is 15.1. The normalized spacial score (nSPS) is 11.3.